The molecule has 1 amide bonds. The Kier molecular flexibility index (Phi) is 4.98. The van der Waals surface area contributed by atoms with E-state index in [0.29, 0.717) is 11.5 Å². The van der Waals surface area contributed by atoms with Crippen molar-refractivity contribution in [1.82, 2.24) is 9.99 Å². The summed E-state index contributed by atoms with van der Waals surface area (Å²) in [4.78, 5) is 11.6. The summed E-state index contributed by atoms with van der Waals surface area (Å²) in [5.41, 5.74) is 3.30. The molecule has 1 N–H and O–H groups in total. The van der Waals surface area contributed by atoms with Gasteiger partial charge in [0.25, 0.3) is 5.91 Å². The third-order valence-electron chi connectivity index (χ3n) is 2.80. The summed E-state index contributed by atoms with van der Waals surface area (Å²) in [5.74, 6) is 0.755. The van der Waals surface area contributed by atoms with Gasteiger partial charge in [-0.1, -0.05) is 12.1 Å². The minimum Gasteiger partial charge on any atom is -0.493 e. The fourth-order valence-corrected chi connectivity index (χ4v) is 1.69. The normalized spacial score (nSPS) is 10.6. The third-order valence-corrected chi connectivity index (χ3v) is 2.80. The summed E-state index contributed by atoms with van der Waals surface area (Å²) < 4.78 is 12.4. The van der Waals surface area contributed by atoms with E-state index in [1.54, 1.807) is 25.5 Å². The molecule has 0 aliphatic heterocycles. The number of aryl methyl sites for hydroxylation is 1. The second-order valence-electron chi connectivity index (χ2n) is 4.28. The first kappa shape index (κ1) is 14.6. The number of ether oxygens (including phenoxy) is 2. The van der Waals surface area contributed by atoms with E-state index in [1.165, 1.54) is 0 Å². The lowest BCUT2D eigenvalue weighted by Crippen LogP contribution is -2.24. The van der Waals surface area contributed by atoms with Crippen LogP contribution < -0.4 is 14.9 Å². The van der Waals surface area contributed by atoms with E-state index < -0.39 is 0 Å². The number of hydrogen-bond donors (Lipinski definition) is 1. The minimum atomic E-state index is -0.341. The highest BCUT2D eigenvalue weighted by molar-refractivity contribution is 5.81. The molecule has 6 heteroatoms. The molecule has 0 saturated carbocycles. The second-order valence-corrected chi connectivity index (χ2v) is 4.28. The quantitative estimate of drug-likeness (QED) is 0.648. The van der Waals surface area contributed by atoms with Crippen LogP contribution in [0.4, 0.5) is 0 Å². The molecule has 2 rings (SSSR count). The van der Waals surface area contributed by atoms with Gasteiger partial charge in [0.1, 0.15) is 0 Å². The van der Waals surface area contributed by atoms with Gasteiger partial charge in [-0.2, -0.15) is 5.10 Å². The van der Waals surface area contributed by atoms with E-state index in [0.717, 1.165) is 5.69 Å². The average molecular weight is 287 g/mol. The zero-order valence-corrected chi connectivity index (χ0v) is 11.9. The fraction of sp³-hybridized carbons (Fsp3) is 0.200. The highest BCUT2D eigenvalue weighted by Gasteiger charge is 2.05. The number of rotatable bonds is 6. The molecule has 2 aromatic rings. The molecule has 0 saturated heterocycles. The van der Waals surface area contributed by atoms with Crippen LogP contribution in [0, 0.1) is 0 Å². The van der Waals surface area contributed by atoms with Crippen molar-refractivity contribution in [3.63, 3.8) is 0 Å². The third kappa shape index (κ3) is 4.10. The molecule has 6 nitrogen and oxygen atoms in total. The average Bonchev–Trinajstić information content (AvgIpc) is 2.91. The Balaban J connectivity index is 1.82. The summed E-state index contributed by atoms with van der Waals surface area (Å²) in [5, 5.41) is 3.87. The van der Waals surface area contributed by atoms with Crippen molar-refractivity contribution >= 4 is 12.1 Å². The van der Waals surface area contributed by atoms with E-state index in [-0.39, 0.29) is 12.5 Å². The van der Waals surface area contributed by atoms with Gasteiger partial charge < -0.3 is 14.0 Å². The van der Waals surface area contributed by atoms with Crippen LogP contribution in [0.15, 0.2) is 47.7 Å². The van der Waals surface area contributed by atoms with Crippen LogP contribution in [0.1, 0.15) is 5.69 Å². The Morgan fingerprint density at radius 2 is 2.05 bits per heavy atom. The van der Waals surface area contributed by atoms with E-state index in [2.05, 4.69) is 10.5 Å². The smallest absolute Gasteiger partial charge is 0.277 e. The molecule has 0 bridgehead atoms. The molecule has 21 heavy (non-hydrogen) atoms. The number of aromatic nitrogens is 1. The lowest BCUT2D eigenvalue weighted by molar-refractivity contribution is -0.123. The summed E-state index contributed by atoms with van der Waals surface area (Å²) in [6.07, 6.45) is 3.47. The van der Waals surface area contributed by atoms with Crippen LogP contribution in [0.2, 0.25) is 0 Å². The maximum absolute atomic E-state index is 11.6. The van der Waals surface area contributed by atoms with Gasteiger partial charge in [-0.05, 0) is 24.3 Å². The second kappa shape index (κ2) is 7.14. The lowest BCUT2D eigenvalue weighted by Gasteiger charge is -2.09. The Morgan fingerprint density at radius 3 is 2.71 bits per heavy atom. The number of carbonyl (C=O) groups excluding carboxylic acids is 1. The zero-order chi connectivity index (χ0) is 15.1. The highest BCUT2D eigenvalue weighted by atomic mass is 16.5. The van der Waals surface area contributed by atoms with E-state index in [4.69, 9.17) is 9.47 Å². The van der Waals surface area contributed by atoms with Gasteiger partial charge in [0.15, 0.2) is 18.1 Å². The van der Waals surface area contributed by atoms with Crippen LogP contribution in [0.25, 0.3) is 0 Å². The predicted molar refractivity (Wildman–Crippen MR) is 79.6 cm³/mol. The summed E-state index contributed by atoms with van der Waals surface area (Å²) in [6, 6.07) is 10.9. The molecule has 0 aliphatic rings. The Labute approximate surface area is 123 Å². The predicted octanol–water partition coefficient (Wildman–Crippen LogP) is 1.56. The zero-order valence-electron chi connectivity index (χ0n) is 11.9. The maximum Gasteiger partial charge on any atom is 0.277 e. The van der Waals surface area contributed by atoms with Crippen molar-refractivity contribution in [3.05, 3.63) is 48.3 Å². The fourth-order valence-electron chi connectivity index (χ4n) is 1.69. The summed E-state index contributed by atoms with van der Waals surface area (Å²) >= 11 is 0. The minimum absolute atomic E-state index is 0.134. The van der Waals surface area contributed by atoms with E-state index in [1.807, 2.05) is 42.1 Å². The number of benzene rings is 1. The lowest BCUT2D eigenvalue weighted by atomic mass is 10.3. The largest absolute Gasteiger partial charge is 0.493 e. The molecule has 0 spiro atoms. The van der Waals surface area contributed by atoms with Crippen molar-refractivity contribution in [3.8, 4) is 11.5 Å². The molecular weight excluding hydrogens is 270 g/mol. The van der Waals surface area contributed by atoms with Crippen molar-refractivity contribution in [2.45, 2.75) is 0 Å². The van der Waals surface area contributed by atoms with Gasteiger partial charge in [0, 0.05) is 13.2 Å². The molecule has 0 atom stereocenters. The first-order valence-corrected chi connectivity index (χ1v) is 6.40. The number of amides is 1. The number of methoxy groups -OCH3 is 1. The van der Waals surface area contributed by atoms with Crippen molar-refractivity contribution in [1.29, 1.82) is 0 Å². The number of hydrazone groups is 1. The first-order chi connectivity index (χ1) is 10.2. The monoisotopic (exact) mass is 287 g/mol. The summed E-state index contributed by atoms with van der Waals surface area (Å²) in [6.45, 7) is -0.134. The Bertz CT molecular complexity index is 635. The number of nitrogens with one attached hydrogen (secondary N) is 1. The van der Waals surface area contributed by atoms with Gasteiger partial charge in [0.2, 0.25) is 0 Å². The Morgan fingerprint density at radius 1 is 1.29 bits per heavy atom. The number of para-hydroxylation sites is 2. The van der Waals surface area contributed by atoms with E-state index >= 15 is 0 Å². The van der Waals surface area contributed by atoms with Crippen molar-refractivity contribution in [2.24, 2.45) is 12.1 Å². The van der Waals surface area contributed by atoms with Crippen molar-refractivity contribution in [2.75, 3.05) is 13.7 Å². The van der Waals surface area contributed by atoms with Crippen molar-refractivity contribution < 1.29 is 14.3 Å². The molecular formula is C15H17N3O3. The molecule has 0 aliphatic carbocycles. The number of nitrogens with zero attached hydrogens (tertiary/aromatic N) is 2. The molecule has 0 radical (unpaired) electrons. The molecule has 1 heterocycles. The molecule has 1 aromatic heterocycles. The maximum atomic E-state index is 11.6. The SMILES string of the molecule is COc1ccccc1OCC(=O)N/N=C/c1cccn1C. The summed E-state index contributed by atoms with van der Waals surface area (Å²) in [7, 11) is 3.44. The number of hydrogen-bond acceptors (Lipinski definition) is 4. The first-order valence-electron chi connectivity index (χ1n) is 6.40. The van der Waals surface area contributed by atoms with Gasteiger partial charge >= 0.3 is 0 Å². The van der Waals surface area contributed by atoms with Crippen LogP contribution in [-0.4, -0.2) is 30.4 Å². The van der Waals surface area contributed by atoms with Gasteiger partial charge in [-0.25, -0.2) is 5.43 Å². The Hall–Kier alpha value is -2.76. The van der Waals surface area contributed by atoms with Crippen LogP contribution in [0.5, 0.6) is 11.5 Å². The van der Waals surface area contributed by atoms with E-state index in [9.17, 15) is 4.79 Å². The van der Waals surface area contributed by atoms with Crippen LogP contribution >= 0.6 is 0 Å². The molecule has 0 unspecified atom stereocenters. The van der Waals surface area contributed by atoms with Crippen LogP contribution in [0.3, 0.4) is 0 Å². The van der Waals surface area contributed by atoms with Gasteiger partial charge in [-0.15, -0.1) is 0 Å². The molecule has 1 aromatic carbocycles. The van der Waals surface area contributed by atoms with Crippen LogP contribution in [-0.2, 0) is 11.8 Å². The number of carbonyl (C=O) groups is 1. The highest BCUT2D eigenvalue weighted by Crippen LogP contribution is 2.25. The topological polar surface area (TPSA) is 64.8 Å². The van der Waals surface area contributed by atoms with Gasteiger partial charge in [0.05, 0.1) is 19.0 Å². The van der Waals surface area contributed by atoms with Gasteiger partial charge in [-0.3, -0.25) is 4.79 Å². The standard InChI is InChI=1S/C15H17N3O3/c1-18-9-5-6-12(18)10-16-17-15(19)11-21-14-8-4-3-7-13(14)20-2/h3-10H,11H2,1-2H3,(H,17,19)/b16-10+. The molecule has 0 fully saturated rings. The molecule has 110 valence electrons.